The number of para-hydroxylation sites is 2. The van der Waals surface area contributed by atoms with E-state index < -0.39 is 0 Å². The number of hydrogen-bond acceptors (Lipinski definition) is 4. The molecule has 28 heavy (non-hydrogen) atoms. The van der Waals surface area contributed by atoms with E-state index >= 15 is 0 Å². The molecule has 5 rings (SSSR count). The second-order valence-electron chi connectivity index (χ2n) is 7.49. The quantitative estimate of drug-likeness (QED) is 0.560. The molecule has 0 bridgehead atoms. The van der Waals surface area contributed by atoms with Gasteiger partial charge in [-0.15, -0.1) is 0 Å². The molecule has 1 aliphatic carbocycles. The summed E-state index contributed by atoms with van der Waals surface area (Å²) in [6.07, 6.45) is 12.1. The van der Waals surface area contributed by atoms with E-state index in [0.717, 1.165) is 43.8 Å². The van der Waals surface area contributed by atoms with Crippen molar-refractivity contribution in [2.45, 2.75) is 44.8 Å². The standard InChI is InChI=1S/C21H25N7/c1-26-19-9-4-7-17(16(19)14-23-26)24-21-25-18-6-2-3-8-20(18)28(21)12-5-11-27-13-10-22-15-27/h2-3,6,8,10,13-15,17H,4-5,7,9,11-12H2,1H3,(H,24,25). The summed E-state index contributed by atoms with van der Waals surface area (Å²) in [6.45, 7) is 1.86. The Morgan fingerprint density at radius 3 is 3.04 bits per heavy atom. The van der Waals surface area contributed by atoms with Crippen LogP contribution < -0.4 is 5.32 Å². The lowest BCUT2D eigenvalue weighted by Crippen LogP contribution is -2.20. The summed E-state index contributed by atoms with van der Waals surface area (Å²) in [4.78, 5) is 9.04. The highest BCUT2D eigenvalue weighted by atomic mass is 15.3. The molecule has 4 aromatic rings. The molecular formula is C21H25N7. The van der Waals surface area contributed by atoms with Crippen LogP contribution >= 0.6 is 0 Å². The van der Waals surface area contributed by atoms with Gasteiger partial charge >= 0.3 is 0 Å². The van der Waals surface area contributed by atoms with Crippen LogP contribution in [-0.4, -0.2) is 28.9 Å². The fraction of sp³-hybridized carbons (Fsp3) is 0.381. The highest BCUT2D eigenvalue weighted by Crippen LogP contribution is 2.33. The Kier molecular flexibility index (Phi) is 4.35. The van der Waals surface area contributed by atoms with Crippen molar-refractivity contribution in [1.29, 1.82) is 0 Å². The van der Waals surface area contributed by atoms with Gasteiger partial charge in [0.25, 0.3) is 0 Å². The topological polar surface area (TPSA) is 65.5 Å². The van der Waals surface area contributed by atoms with Gasteiger partial charge in [-0.25, -0.2) is 9.97 Å². The maximum atomic E-state index is 4.91. The second-order valence-corrected chi connectivity index (χ2v) is 7.49. The predicted molar refractivity (Wildman–Crippen MR) is 109 cm³/mol. The number of nitrogens with zero attached hydrogens (tertiary/aromatic N) is 6. The number of aryl methyl sites for hydroxylation is 3. The predicted octanol–water partition coefficient (Wildman–Crippen LogP) is 3.55. The summed E-state index contributed by atoms with van der Waals surface area (Å²) in [5.74, 6) is 0.952. The first-order valence-electron chi connectivity index (χ1n) is 9.98. The summed E-state index contributed by atoms with van der Waals surface area (Å²) >= 11 is 0. The lowest BCUT2D eigenvalue weighted by atomic mass is 9.93. The molecule has 3 aromatic heterocycles. The van der Waals surface area contributed by atoms with Crippen molar-refractivity contribution in [3.8, 4) is 0 Å². The van der Waals surface area contributed by atoms with Crippen molar-refractivity contribution in [1.82, 2.24) is 28.9 Å². The number of rotatable bonds is 6. The molecule has 3 heterocycles. The molecule has 0 spiro atoms. The molecule has 1 N–H and O–H groups in total. The largest absolute Gasteiger partial charge is 0.349 e. The highest BCUT2D eigenvalue weighted by Gasteiger charge is 2.25. The maximum absolute atomic E-state index is 4.91. The molecule has 1 atom stereocenters. The van der Waals surface area contributed by atoms with Gasteiger partial charge in [-0.3, -0.25) is 4.68 Å². The zero-order chi connectivity index (χ0) is 18.9. The average molecular weight is 375 g/mol. The lowest BCUT2D eigenvalue weighted by molar-refractivity contribution is 0.551. The Labute approximate surface area is 164 Å². The highest BCUT2D eigenvalue weighted by molar-refractivity contribution is 5.78. The molecule has 1 unspecified atom stereocenters. The fourth-order valence-electron chi connectivity index (χ4n) is 4.25. The molecule has 7 nitrogen and oxygen atoms in total. The molecule has 0 aliphatic heterocycles. The van der Waals surface area contributed by atoms with Gasteiger partial charge in [-0.05, 0) is 37.8 Å². The van der Waals surface area contributed by atoms with E-state index in [4.69, 9.17) is 4.98 Å². The Morgan fingerprint density at radius 1 is 1.21 bits per heavy atom. The zero-order valence-electron chi connectivity index (χ0n) is 16.1. The normalized spacial score (nSPS) is 16.4. The Hall–Kier alpha value is -3.09. The maximum Gasteiger partial charge on any atom is 0.204 e. The van der Waals surface area contributed by atoms with Crippen LogP contribution in [0, 0.1) is 0 Å². The van der Waals surface area contributed by atoms with Crippen LogP contribution in [0.2, 0.25) is 0 Å². The van der Waals surface area contributed by atoms with Gasteiger partial charge in [0, 0.05) is 43.8 Å². The van der Waals surface area contributed by atoms with Crippen LogP contribution in [0.1, 0.15) is 36.6 Å². The Morgan fingerprint density at radius 2 is 2.14 bits per heavy atom. The number of fused-ring (bicyclic) bond motifs is 2. The van der Waals surface area contributed by atoms with Crippen molar-refractivity contribution in [3.63, 3.8) is 0 Å². The molecule has 7 heteroatoms. The number of imidazole rings is 2. The molecule has 0 saturated carbocycles. The molecule has 0 amide bonds. The van der Waals surface area contributed by atoms with Gasteiger partial charge in [-0.1, -0.05) is 12.1 Å². The molecule has 0 radical (unpaired) electrons. The van der Waals surface area contributed by atoms with Crippen molar-refractivity contribution in [3.05, 3.63) is 60.4 Å². The summed E-state index contributed by atoms with van der Waals surface area (Å²) in [7, 11) is 2.03. The van der Waals surface area contributed by atoms with Crippen molar-refractivity contribution in [2.75, 3.05) is 5.32 Å². The van der Waals surface area contributed by atoms with Crippen molar-refractivity contribution in [2.24, 2.45) is 7.05 Å². The second kappa shape index (κ2) is 7.14. The van der Waals surface area contributed by atoms with E-state index in [0.29, 0.717) is 0 Å². The van der Waals surface area contributed by atoms with E-state index in [2.05, 4.69) is 48.8 Å². The number of aromatic nitrogens is 6. The van der Waals surface area contributed by atoms with Crippen molar-refractivity contribution < 1.29 is 0 Å². The van der Waals surface area contributed by atoms with E-state index in [9.17, 15) is 0 Å². The third-order valence-corrected chi connectivity index (χ3v) is 5.69. The smallest absolute Gasteiger partial charge is 0.204 e. The van der Waals surface area contributed by atoms with Gasteiger partial charge < -0.3 is 14.5 Å². The van der Waals surface area contributed by atoms with Crippen LogP contribution in [0.4, 0.5) is 5.95 Å². The van der Waals surface area contributed by atoms with Crippen LogP contribution in [0.25, 0.3) is 11.0 Å². The average Bonchev–Trinajstić information content (AvgIpc) is 3.43. The fourth-order valence-corrected chi connectivity index (χ4v) is 4.25. The van der Waals surface area contributed by atoms with Crippen LogP contribution in [0.5, 0.6) is 0 Å². The third kappa shape index (κ3) is 3.06. The molecule has 0 fully saturated rings. The number of nitrogens with one attached hydrogen (secondary N) is 1. The first-order valence-corrected chi connectivity index (χ1v) is 9.98. The number of hydrogen-bond donors (Lipinski definition) is 1. The van der Waals surface area contributed by atoms with E-state index in [1.165, 1.54) is 23.2 Å². The molecule has 1 aliphatic rings. The minimum Gasteiger partial charge on any atom is -0.349 e. The van der Waals surface area contributed by atoms with E-state index in [1.54, 1.807) is 0 Å². The summed E-state index contributed by atoms with van der Waals surface area (Å²) in [5.41, 5.74) is 4.87. The van der Waals surface area contributed by atoms with Gasteiger partial charge in [-0.2, -0.15) is 5.10 Å². The van der Waals surface area contributed by atoms with Gasteiger partial charge in [0.2, 0.25) is 5.95 Å². The third-order valence-electron chi connectivity index (χ3n) is 5.69. The van der Waals surface area contributed by atoms with Crippen LogP contribution in [0.3, 0.4) is 0 Å². The van der Waals surface area contributed by atoms with Crippen LogP contribution in [0.15, 0.2) is 49.2 Å². The Bertz CT molecular complexity index is 1070. The number of anilines is 1. The van der Waals surface area contributed by atoms with Gasteiger partial charge in [0.1, 0.15) is 0 Å². The summed E-state index contributed by atoms with van der Waals surface area (Å²) in [5, 5.41) is 8.21. The monoisotopic (exact) mass is 375 g/mol. The lowest BCUT2D eigenvalue weighted by Gasteiger charge is -2.24. The van der Waals surface area contributed by atoms with E-state index in [-0.39, 0.29) is 6.04 Å². The zero-order valence-corrected chi connectivity index (χ0v) is 16.1. The molecular weight excluding hydrogens is 350 g/mol. The molecule has 0 saturated heterocycles. The SMILES string of the molecule is Cn1ncc2c1CCCC2Nc1nc2ccccc2n1CCCn1ccnc1. The molecule has 1 aromatic carbocycles. The van der Waals surface area contributed by atoms with Gasteiger partial charge in [0.05, 0.1) is 29.6 Å². The van der Waals surface area contributed by atoms with E-state index in [1.807, 2.05) is 36.6 Å². The van der Waals surface area contributed by atoms with Gasteiger partial charge in [0.15, 0.2) is 0 Å². The molecule has 144 valence electrons. The summed E-state index contributed by atoms with van der Waals surface area (Å²) < 4.78 is 6.45. The van der Waals surface area contributed by atoms with Crippen molar-refractivity contribution >= 4 is 17.0 Å². The minimum atomic E-state index is 0.265. The Balaban J connectivity index is 1.42. The summed E-state index contributed by atoms with van der Waals surface area (Å²) in [6, 6.07) is 8.64. The van der Waals surface area contributed by atoms with Crippen LogP contribution in [-0.2, 0) is 26.6 Å². The first-order chi connectivity index (χ1) is 13.8. The minimum absolute atomic E-state index is 0.265. The first kappa shape index (κ1) is 17.0. The number of benzene rings is 1.